The van der Waals surface area contributed by atoms with Crippen LogP contribution < -0.4 is 10.1 Å². The molecule has 7 nitrogen and oxygen atoms in total. The van der Waals surface area contributed by atoms with E-state index in [2.05, 4.69) is 10.3 Å². The van der Waals surface area contributed by atoms with E-state index in [1.54, 1.807) is 35.1 Å². The first-order chi connectivity index (χ1) is 13.1. The SMILES string of the molecule is CCOc1ccccc1Nc1cc(C(=O)N2CCN(C(C)=O)CC2)ccn1. The Kier molecular flexibility index (Phi) is 5.90. The highest BCUT2D eigenvalue weighted by Gasteiger charge is 2.23. The van der Waals surface area contributed by atoms with E-state index < -0.39 is 0 Å². The molecule has 7 heteroatoms. The van der Waals surface area contributed by atoms with E-state index in [-0.39, 0.29) is 11.8 Å². The van der Waals surface area contributed by atoms with Crippen LogP contribution in [-0.4, -0.2) is 59.4 Å². The third kappa shape index (κ3) is 4.55. The van der Waals surface area contributed by atoms with E-state index >= 15 is 0 Å². The van der Waals surface area contributed by atoms with Crippen LogP contribution in [-0.2, 0) is 4.79 Å². The lowest BCUT2D eigenvalue weighted by Gasteiger charge is -2.34. The van der Waals surface area contributed by atoms with Gasteiger partial charge in [0.2, 0.25) is 5.91 Å². The molecular weight excluding hydrogens is 344 g/mol. The van der Waals surface area contributed by atoms with E-state index in [4.69, 9.17) is 4.74 Å². The fourth-order valence-electron chi connectivity index (χ4n) is 3.03. The third-order valence-corrected chi connectivity index (χ3v) is 4.47. The predicted octanol–water partition coefficient (Wildman–Crippen LogP) is 2.53. The zero-order valence-electron chi connectivity index (χ0n) is 15.6. The Morgan fingerprint density at radius 3 is 2.52 bits per heavy atom. The van der Waals surface area contributed by atoms with Crippen molar-refractivity contribution in [1.82, 2.24) is 14.8 Å². The van der Waals surface area contributed by atoms with Crippen molar-refractivity contribution in [3.05, 3.63) is 48.2 Å². The third-order valence-electron chi connectivity index (χ3n) is 4.47. The summed E-state index contributed by atoms with van der Waals surface area (Å²) in [5, 5.41) is 3.22. The molecule has 0 saturated carbocycles. The van der Waals surface area contributed by atoms with E-state index in [0.717, 1.165) is 11.4 Å². The number of nitrogens with one attached hydrogen (secondary N) is 1. The summed E-state index contributed by atoms with van der Waals surface area (Å²) >= 11 is 0. The molecule has 2 heterocycles. The van der Waals surface area contributed by atoms with Crippen LogP contribution in [0.15, 0.2) is 42.6 Å². The molecule has 27 heavy (non-hydrogen) atoms. The maximum atomic E-state index is 12.8. The second kappa shape index (κ2) is 8.53. The fourth-order valence-corrected chi connectivity index (χ4v) is 3.03. The number of carbonyl (C=O) groups excluding carboxylic acids is 2. The van der Waals surface area contributed by atoms with Crippen molar-refractivity contribution in [2.24, 2.45) is 0 Å². The molecule has 0 atom stereocenters. The number of para-hydroxylation sites is 2. The Bertz CT molecular complexity index is 816. The number of hydrogen-bond donors (Lipinski definition) is 1. The quantitative estimate of drug-likeness (QED) is 0.878. The highest BCUT2D eigenvalue weighted by molar-refractivity contribution is 5.95. The van der Waals surface area contributed by atoms with Gasteiger partial charge in [-0.25, -0.2) is 4.98 Å². The number of ether oxygens (including phenoxy) is 1. The van der Waals surface area contributed by atoms with Crippen molar-refractivity contribution < 1.29 is 14.3 Å². The van der Waals surface area contributed by atoms with Crippen LogP contribution >= 0.6 is 0 Å². The van der Waals surface area contributed by atoms with Gasteiger partial charge in [-0.15, -0.1) is 0 Å². The zero-order valence-corrected chi connectivity index (χ0v) is 15.6. The monoisotopic (exact) mass is 368 g/mol. The lowest BCUT2D eigenvalue weighted by atomic mass is 10.2. The summed E-state index contributed by atoms with van der Waals surface area (Å²) in [5.41, 5.74) is 1.36. The second-order valence-corrected chi connectivity index (χ2v) is 6.28. The van der Waals surface area contributed by atoms with Gasteiger partial charge < -0.3 is 19.9 Å². The van der Waals surface area contributed by atoms with Crippen LogP contribution in [0.4, 0.5) is 11.5 Å². The van der Waals surface area contributed by atoms with Crippen molar-refractivity contribution in [1.29, 1.82) is 0 Å². The van der Waals surface area contributed by atoms with E-state index in [0.29, 0.717) is 44.2 Å². The molecule has 2 aromatic rings. The van der Waals surface area contributed by atoms with Gasteiger partial charge in [0.25, 0.3) is 5.91 Å². The summed E-state index contributed by atoms with van der Waals surface area (Å²) < 4.78 is 5.61. The summed E-state index contributed by atoms with van der Waals surface area (Å²) in [7, 11) is 0. The van der Waals surface area contributed by atoms with Crippen LogP contribution in [0.2, 0.25) is 0 Å². The summed E-state index contributed by atoms with van der Waals surface area (Å²) in [4.78, 5) is 32.1. The Labute approximate surface area is 158 Å². The molecular formula is C20H24N4O3. The van der Waals surface area contributed by atoms with Gasteiger partial charge in [0.15, 0.2) is 0 Å². The van der Waals surface area contributed by atoms with Crippen LogP contribution in [0.3, 0.4) is 0 Å². The minimum Gasteiger partial charge on any atom is -0.492 e. The minimum absolute atomic E-state index is 0.0467. The van der Waals surface area contributed by atoms with Crippen LogP contribution in [0.1, 0.15) is 24.2 Å². The van der Waals surface area contributed by atoms with Crippen molar-refractivity contribution in [2.45, 2.75) is 13.8 Å². The van der Waals surface area contributed by atoms with E-state index in [1.165, 1.54) is 0 Å². The zero-order chi connectivity index (χ0) is 19.2. The fraction of sp³-hybridized carbons (Fsp3) is 0.350. The molecule has 1 fully saturated rings. The first-order valence-electron chi connectivity index (χ1n) is 9.08. The molecule has 1 aromatic heterocycles. The van der Waals surface area contributed by atoms with Gasteiger partial charge in [0.05, 0.1) is 12.3 Å². The molecule has 142 valence electrons. The summed E-state index contributed by atoms with van der Waals surface area (Å²) in [5.74, 6) is 1.31. The Morgan fingerprint density at radius 2 is 1.81 bits per heavy atom. The molecule has 0 aliphatic carbocycles. The molecule has 1 aliphatic rings. The first-order valence-corrected chi connectivity index (χ1v) is 9.08. The molecule has 1 saturated heterocycles. The topological polar surface area (TPSA) is 74.8 Å². The summed E-state index contributed by atoms with van der Waals surface area (Å²) in [6.07, 6.45) is 1.62. The van der Waals surface area contributed by atoms with E-state index in [9.17, 15) is 9.59 Å². The van der Waals surface area contributed by atoms with Gasteiger partial charge in [-0.1, -0.05) is 12.1 Å². The second-order valence-electron chi connectivity index (χ2n) is 6.28. The van der Waals surface area contributed by atoms with Gasteiger partial charge in [0, 0.05) is 44.9 Å². The van der Waals surface area contributed by atoms with Crippen molar-refractivity contribution in [2.75, 3.05) is 38.1 Å². The van der Waals surface area contributed by atoms with Crippen molar-refractivity contribution in [3.63, 3.8) is 0 Å². The first kappa shape index (κ1) is 18.7. The molecule has 0 spiro atoms. The predicted molar refractivity (Wildman–Crippen MR) is 103 cm³/mol. The minimum atomic E-state index is -0.0539. The smallest absolute Gasteiger partial charge is 0.254 e. The van der Waals surface area contributed by atoms with Gasteiger partial charge in [-0.05, 0) is 31.2 Å². The average Bonchev–Trinajstić information content (AvgIpc) is 2.69. The van der Waals surface area contributed by atoms with Crippen molar-refractivity contribution in [3.8, 4) is 5.75 Å². The van der Waals surface area contributed by atoms with Gasteiger partial charge in [-0.2, -0.15) is 0 Å². The summed E-state index contributed by atoms with van der Waals surface area (Å²) in [6, 6.07) is 11.1. The maximum absolute atomic E-state index is 12.8. The average molecular weight is 368 g/mol. The Morgan fingerprint density at radius 1 is 1.11 bits per heavy atom. The standard InChI is InChI=1S/C20H24N4O3/c1-3-27-18-7-5-4-6-17(18)22-19-14-16(8-9-21-19)20(26)24-12-10-23(11-13-24)15(2)25/h4-9,14H,3,10-13H2,1-2H3,(H,21,22). The highest BCUT2D eigenvalue weighted by Crippen LogP contribution is 2.27. The molecule has 3 rings (SSSR count). The lowest BCUT2D eigenvalue weighted by molar-refractivity contribution is -0.130. The summed E-state index contributed by atoms with van der Waals surface area (Å²) in [6.45, 7) is 6.26. The molecule has 0 radical (unpaired) electrons. The molecule has 0 unspecified atom stereocenters. The number of carbonyl (C=O) groups is 2. The number of anilines is 2. The van der Waals surface area contributed by atoms with Crippen LogP contribution in [0, 0.1) is 0 Å². The van der Waals surface area contributed by atoms with Gasteiger partial charge in [0.1, 0.15) is 11.6 Å². The van der Waals surface area contributed by atoms with Gasteiger partial charge in [-0.3, -0.25) is 9.59 Å². The number of rotatable bonds is 5. The van der Waals surface area contributed by atoms with Gasteiger partial charge >= 0.3 is 0 Å². The molecule has 2 amide bonds. The van der Waals surface area contributed by atoms with E-state index in [1.807, 2.05) is 31.2 Å². The number of hydrogen-bond acceptors (Lipinski definition) is 5. The molecule has 1 aromatic carbocycles. The van der Waals surface area contributed by atoms with Crippen LogP contribution in [0.5, 0.6) is 5.75 Å². The maximum Gasteiger partial charge on any atom is 0.254 e. The molecule has 0 bridgehead atoms. The molecule has 1 N–H and O–H groups in total. The Balaban J connectivity index is 1.71. The van der Waals surface area contributed by atoms with Crippen LogP contribution in [0.25, 0.3) is 0 Å². The number of nitrogens with zero attached hydrogens (tertiary/aromatic N) is 3. The largest absolute Gasteiger partial charge is 0.492 e. The number of aromatic nitrogens is 1. The molecule has 1 aliphatic heterocycles. The Hall–Kier alpha value is -3.09. The normalized spacial score (nSPS) is 14.0. The van der Waals surface area contributed by atoms with Crippen molar-refractivity contribution >= 4 is 23.3 Å². The number of piperazine rings is 1. The highest BCUT2D eigenvalue weighted by atomic mass is 16.5. The number of amides is 2. The number of benzene rings is 1. The number of pyridine rings is 1. The lowest BCUT2D eigenvalue weighted by Crippen LogP contribution is -2.50.